The molecule has 3 rings (SSSR count). The van der Waals surface area contributed by atoms with Crippen LogP contribution in [0.2, 0.25) is 0 Å². The van der Waals surface area contributed by atoms with E-state index >= 15 is 0 Å². The van der Waals surface area contributed by atoms with Crippen molar-refractivity contribution in [3.8, 4) is 17.2 Å². The van der Waals surface area contributed by atoms with E-state index in [1.807, 2.05) is 19.2 Å². The Bertz CT molecular complexity index is 927. The van der Waals surface area contributed by atoms with Gasteiger partial charge in [-0.2, -0.15) is 10.2 Å². The predicted octanol–water partition coefficient (Wildman–Crippen LogP) is 1.94. The monoisotopic (exact) mass is 385 g/mol. The number of methoxy groups -OCH3 is 2. The van der Waals surface area contributed by atoms with E-state index in [1.54, 1.807) is 61.4 Å². The number of carbonyl (C=O) groups excluding carboxylic acids is 1. The van der Waals surface area contributed by atoms with Crippen molar-refractivity contribution >= 4 is 5.91 Å². The van der Waals surface area contributed by atoms with Crippen molar-refractivity contribution in [1.82, 2.24) is 24.5 Å². The van der Waals surface area contributed by atoms with E-state index in [4.69, 9.17) is 14.2 Å². The molecule has 3 aromatic rings. The van der Waals surface area contributed by atoms with Crippen LogP contribution in [0.15, 0.2) is 42.7 Å². The summed E-state index contributed by atoms with van der Waals surface area (Å²) in [6.45, 7) is 0.548. The summed E-state index contributed by atoms with van der Waals surface area (Å²) in [5.74, 6) is 1.40. The van der Waals surface area contributed by atoms with E-state index in [0.29, 0.717) is 29.5 Å². The van der Waals surface area contributed by atoms with Gasteiger partial charge in [-0.15, -0.1) is 0 Å². The molecule has 0 aliphatic heterocycles. The summed E-state index contributed by atoms with van der Waals surface area (Å²) in [5, 5.41) is 8.41. The van der Waals surface area contributed by atoms with Crippen LogP contribution in [-0.4, -0.2) is 51.6 Å². The summed E-state index contributed by atoms with van der Waals surface area (Å²) in [5.41, 5.74) is 1.27. The fraction of sp³-hybridized carbons (Fsp3) is 0.316. The largest absolute Gasteiger partial charge is 0.493 e. The number of carbonyl (C=O) groups is 1. The van der Waals surface area contributed by atoms with Crippen LogP contribution < -0.4 is 14.2 Å². The van der Waals surface area contributed by atoms with E-state index in [2.05, 4.69) is 10.2 Å². The first-order valence-electron chi connectivity index (χ1n) is 8.63. The average molecular weight is 385 g/mol. The molecule has 0 saturated carbocycles. The Morgan fingerprint density at radius 2 is 1.86 bits per heavy atom. The molecule has 9 heteroatoms. The van der Waals surface area contributed by atoms with Gasteiger partial charge in [-0.3, -0.25) is 9.48 Å². The maximum atomic E-state index is 12.6. The van der Waals surface area contributed by atoms with Gasteiger partial charge in [0.05, 0.1) is 26.5 Å². The van der Waals surface area contributed by atoms with Gasteiger partial charge in [0, 0.05) is 26.5 Å². The van der Waals surface area contributed by atoms with Gasteiger partial charge in [0.1, 0.15) is 0 Å². The third-order valence-electron chi connectivity index (χ3n) is 4.25. The second-order valence-corrected chi connectivity index (χ2v) is 6.11. The van der Waals surface area contributed by atoms with Gasteiger partial charge in [0.25, 0.3) is 5.91 Å². The number of benzene rings is 1. The van der Waals surface area contributed by atoms with Crippen molar-refractivity contribution in [2.45, 2.75) is 13.3 Å². The molecule has 0 aliphatic carbocycles. The van der Waals surface area contributed by atoms with Gasteiger partial charge in [0.15, 0.2) is 23.9 Å². The van der Waals surface area contributed by atoms with E-state index in [0.717, 1.165) is 5.69 Å². The first-order chi connectivity index (χ1) is 13.5. The fourth-order valence-electron chi connectivity index (χ4n) is 2.70. The van der Waals surface area contributed by atoms with Crippen molar-refractivity contribution < 1.29 is 19.0 Å². The quantitative estimate of drug-likeness (QED) is 0.589. The number of amides is 1. The first kappa shape index (κ1) is 19.3. The number of hydrogen-bond donors (Lipinski definition) is 0. The van der Waals surface area contributed by atoms with Crippen molar-refractivity contribution in [2.75, 3.05) is 21.3 Å². The second-order valence-electron chi connectivity index (χ2n) is 6.11. The smallest absolute Gasteiger partial charge is 0.274 e. The van der Waals surface area contributed by atoms with E-state index in [1.165, 1.54) is 4.68 Å². The van der Waals surface area contributed by atoms with Crippen LogP contribution in [0.4, 0.5) is 0 Å². The fourth-order valence-corrected chi connectivity index (χ4v) is 2.70. The highest BCUT2D eigenvalue weighted by Gasteiger charge is 2.17. The topological polar surface area (TPSA) is 83.6 Å². The Kier molecular flexibility index (Phi) is 5.83. The zero-order valence-electron chi connectivity index (χ0n) is 16.3. The summed E-state index contributed by atoms with van der Waals surface area (Å²) in [7, 11) is 6.69. The van der Waals surface area contributed by atoms with Crippen molar-refractivity contribution in [3.05, 3.63) is 54.1 Å². The van der Waals surface area contributed by atoms with Gasteiger partial charge >= 0.3 is 0 Å². The predicted molar refractivity (Wildman–Crippen MR) is 101 cm³/mol. The summed E-state index contributed by atoms with van der Waals surface area (Å²) in [6, 6.07) is 8.90. The van der Waals surface area contributed by atoms with Crippen LogP contribution in [-0.2, 0) is 20.3 Å². The van der Waals surface area contributed by atoms with Crippen LogP contribution in [0.1, 0.15) is 16.2 Å². The van der Waals surface area contributed by atoms with Gasteiger partial charge in [0.2, 0.25) is 5.75 Å². The molecule has 1 amide bonds. The van der Waals surface area contributed by atoms with E-state index in [9.17, 15) is 4.79 Å². The minimum Gasteiger partial charge on any atom is -0.493 e. The average Bonchev–Trinajstić information content (AvgIpc) is 3.34. The molecule has 0 bridgehead atoms. The minimum absolute atomic E-state index is 0.107. The summed E-state index contributed by atoms with van der Waals surface area (Å²) < 4.78 is 19.7. The van der Waals surface area contributed by atoms with Gasteiger partial charge in [-0.25, -0.2) is 4.68 Å². The van der Waals surface area contributed by atoms with Crippen molar-refractivity contribution in [3.63, 3.8) is 0 Å². The molecule has 2 aromatic heterocycles. The maximum absolute atomic E-state index is 12.6. The molecule has 0 saturated heterocycles. The zero-order chi connectivity index (χ0) is 20.1. The van der Waals surface area contributed by atoms with Crippen LogP contribution in [0.3, 0.4) is 0 Å². The zero-order valence-corrected chi connectivity index (χ0v) is 16.3. The molecule has 0 N–H and O–H groups in total. The number of hydrogen-bond acceptors (Lipinski definition) is 6. The third-order valence-corrected chi connectivity index (χ3v) is 4.25. The lowest BCUT2D eigenvalue weighted by molar-refractivity contribution is 0.0774. The first-order valence-corrected chi connectivity index (χ1v) is 8.63. The van der Waals surface area contributed by atoms with Crippen LogP contribution in [0.5, 0.6) is 17.2 Å². The van der Waals surface area contributed by atoms with Crippen LogP contribution in [0.25, 0.3) is 0 Å². The minimum atomic E-state index is -0.185. The summed E-state index contributed by atoms with van der Waals surface area (Å²) in [6.07, 6.45) is 3.39. The SMILES string of the molecule is COc1cccc(OC)c1OCn1ccc(C(=O)N(C)Cc2ccnn2C)n1. The molecule has 9 nitrogen and oxygen atoms in total. The standard InChI is InChI=1S/C19H23N5O4/c1-22(12-14-8-10-20-23(14)2)19(25)15-9-11-24(21-15)13-28-18-16(26-3)6-5-7-17(18)27-4/h5-11H,12-13H2,1-4H3. The number of ether oxygens (including phenoxy) is 3. The third kappa shape index (κ3) is 4.08. The number of aromatic nitrogens is 4. The van der Waals surface area contributed by atoms with Crippen molar-refractivity contribution in [2.24, 2.45) is 7.05 Å². The molecule has 2 heterocycles. The Hall–Kier alpha value is -3.49. The highest BCUT2D eigenvalue weighted by Crippen LogP contribution is 2.36. The Morgan fingerprint density at radius 3 is 2.46 bits per heavy atom. The molecule has 0 spiro atoms. The molecular formula is C19H23N5O4. The summed E-state index contributed by atoms with van der Waals surface area (Å²) in [4.78, 5) is 14.2. The molecule has 28 heavy (non-hydrogen) atoms. The Balaban J connectivity index is 1.66. The van der Waals surface area contributed by atoms with Crippen LogP contribution >= 0.6 is 0 Å². The van der Waals surface area contributed by atoms with Gasteiger partial charge in [-0.05, 0) is 24.3 Å². The molecule has 0 unspecified atom stereocenters. The number of para-hydroxylation sites is 1. The van der Waals surface area contributed by atoms with Gasteiger partial charge < -0.3 is 19.1 Å². The Morgan fingerprint density at radius 1 is 1.14 bits per heavy atom. The molecule has 0 atom stereocenters. The lowest BCUT2D eigenvalue weighted by Crippen LogP contribution is -2.27. The van der Waals surface area contributed by atoms with Crippen LogP contribution in [0, 0.1) is 0 Å². The number of rotatable bonds is 8. The molecule has 0 aliphatic rings. The molecule has 1 aromatic carbocycles. The molecule has 0 radical (unpaired) electrons. The Labute approximate surface area is 163 Å². The van der Waals surface area contributed by atoms with E-state index < -0.39 is 0 Å². The lowest BCUT2D eigenvalue weighted by atomic mass is 10.3. The molecular weight excluding hydrogens is 362 g/mol. The lowest BCUT2D eigenvalue weighted by Gasteiger charge is -2.16. The molecule has 0 fully saturated rings. The number of nitrogens with zero attached hydrogens (tertiary/aromatic N) is 5. The maximum Gasteiger partial charge on any atom is 0.274 e. The highest BCUT2D eigenvalue weighted by molar-refractivity contribution is 5.91. The summed E-state index contributed by atoms with van der Waals surface area (Å²) >= 11 is 0. The van der Waals surface area contributed by atoms with Crippen molar-refractivity contribution in [1.29, 1.82) is 0 Å². The normalized spacial score (nSPS) is 10.6. The number of aryl methyl sites for hydroxylation is 1. The van der Waals surface area contributed by atoms with Gasteiger partial charge in [-0.1, -0.05) is 6.07 Å². The second kappa shape index (κ2) is 8.47. The highest BCUT2D eigenvalue weighted by atomic mass is 16.5. The molecule has 148 valence electrons. The van der Waals surface area contributed by atoms with E-state index in [-0.39, 0.29) is 12.6 Å².